The predicted molar refractivity (Wildman–Crippen MR) is 87.2 cm³/mol. The van der Waals surface area contributed by atoms with Gasteiger partial charge in [-0.25, -0.2) is 0 Å². The van der Waals surface area contributed by atoms with Crippen molar-refractivity contribution in [2.45, 2.75) is 32.4 Å². The third-order valence-electron chi connectivity index (χ3n) is 3.98. The first kappa shape index (κ1) is 13.9. The average molecular weight is 279 g/mol. The van der Waals surface area contributed by atoms with Crippen LogP contribution in [0.15, 0.2) is 60.8 Å². The number of fused-ring (bicyclic) bond motifs is 1. The van der Waals surface area contributed by atoms with Crippen LogP contribution >= 0.6 is 0 Å². The van der Waals surface area contributed by atoms with Crippen molar-refractivity contribution in [2.75, 3.05) is 0 Å². The molecule has 108 valence electrons. The van der Waals surface area contributed by atoms with E-state index in [1.807, 2.05) is 6.07 Å². The van der Waals surface area contributed by atoms with Gasteiger partial charge < -0.3 is 9.67 Å². The molecule has 0 radical (unpaired) electrons. The van der Waals surface area contributed by atoms with E-state index in [0.29, 0.717) is 0 Å². The molecular weight excluding hydrogens is 258 g/mol. The van der Waals surface area contributed by atoms with Crippen LogP contribution < -0.4 is 0 Å². The van der Waals surface area contributed by atoms with E-state index in [9.17, 15) is 5.11 Å². The number of benzene rings is 2. The third-order valence-corrected chi connectivity index (χ3v) is 3.98. The van der Waals surface area contributed by atoms with Crippen LogP contribution in [0.2, 0.25) is 0 Å². The number of aliphatic hydroxyl groups is 1. The highest BCUT2D eigenvalue weighted by Crippen LogP contribution is 2.18. The van der Waals surface area contributed by atoms with E-state index < -0.39 is 0 Å². The second-order valence-electron chi connectivity index (χ2n) is 5.50. The summed E-state index contributed by atoms with van der Waals surface area (Å²) in [6.07, 6.45) is 5.65. The van der Waals surface area contributed by atoms with Crippen LogP contribution in [0.25, 0.3) is 10.9 Å². The van der Waals surface area contributed by atoms with Crippen molar-refractivity contribution >= 4 is 10.9 Å². The first-order valence-corrected chi connectivity index (χ1v) is 7.59. The monoisotopic (exact) mass is 279 g/mol. The minimum absolute atomic E-state index is 0.106. The molecule has 2 nitrogen and oxygen atoms in total. The Morgan fingerprint density at radius 3 is 2.52 bits per heavy atom. The van der Waals surface area contributed by atoms with Gasteiger partial charge in [-0.3, -0.25) is 0 Å². The molecule has 0 unspecified atom stereocenters. The van der Waals surface area contributed by atoms with Gasteiger partial charge in [0, 0.05) is 18.3 Å². The summed E-state index contributed by atoms with van der Waals surface area (Å²) in [6, 6.07) is 19.0. The van der Waals surface area contributed by atoms with Crippen LogP contribution in [-0.2, 0) is 19.6 Å². The van der Waals surface area contributed by atoms with Crippen molar-refractivity contribution in [3.05, 3.63) is 71.9 Å². The highest BCUT2D eigenvalue weighted by atomic mass is 16.3. The number of aryl methyl sites for hydroxylation is 2. The Morgan fingerprint density at radius 2 is 1.71 bits per heavy atom. The van der Waals surface area contributed by atoms with Crippen LogP contribution in [0.5, 0.6) is 0 Å². The molecule has 1 heterocycles. The number of unbranched alkanes of at least 4 members (excludes halogenated alkanes) is 1. The van der Waals surface area contributed by atoms with Gasteiger partial charge in [-0.05, 0) is 47.9 Å². The summed E-state index contributed by atoms with van der Waals surface area (Å²) >= 11 is 0. The van der Waals surface area contributed by atoms with E-state index in [0.717, 1.165) is 18.5 Å². The SMILES string of the molecule is OCc1ccc2ccn(CCCCc3ccccc3)c2c1. The number of nitrogens with zero attached hydrogens (tertiary/aromatic N) is 1. The van der Waals surface area contributed by atoms with Crippen molar-refractivity contribution in [3.63, 3.8) is 0 Å². The minimum atomic E-state index is 0.106. The molecule has 0 aliphatic heterocycles. The van der Waals surface area contributed by atoms with Gasteiger partial charge >= 0.3 is 0 Å². The molecule has 3 aromatic rings. The maximum atomic E-state index is 9.26. The maximum absolute atomic E-state index is 9.26. The Hall–Kier alpha value is -2.06. The number of hydrogen-bond acceptors (Lipinski definition) is 1. The summed E-state index contributed by atoms with van der Waals surface area (Å²) in [6.45, 7) is 1.14. The lowest BCUT2D eigenvalue weighted by molar-refractivity contribution is 0.282. The van der Waals surface area contributed by atoms with Gasteiger partial charge in [0.25, 0.3) is 0 Å². The Labute approximate surface area is 125 Å². The normalized spacial score (nSPS) is 11.1. The van der Waals surface area contributed by atoms with Gasteiger partial charge in [0.15, 0.2) is 0 Å². The molecule has 2 heteroatoms. The van der Waals surface area contributed by atoms with Crippen LogP contribution in [0, 0.1) is 0 Å². The summed E-state index contributed by atoms with van der Waals surface area (Å²) in [7, 11) is 0. The summed E-state index contributed by atoms with van der Waals surface area (Å²) in [4.78, 5) is 0. The topological polar surface area (TPSA) is 25.2 Å². The molecule has 0 spiro atoms. The second-order valence-corrected chi connectivity index (χ2v) is 5.50. The molecule has 1 aromatic heterocycles. The molecule has 0 aliphatic rings. The van der Waals surface area contributed by atoms with Crippen LogP contribution in [0.1, 0.15) is 24.0 Å². The van der Waals surface area contributed by atoms with Crippen molar-refractivity contribution < 1.29 is 5.11 Å². The fraction of sp³-hybridized carbons (Fsp3) is 0.263. The zero-order valence-electron chi connectivity index (χ0n) is 12.2. The fourth-order valence-electron chi connectivity index (χ4n) is 2.78. The standard InChI is InChI=1S/C19H21NO/c21-15-17-9-10-18-11-13-20(19(18)14-17)12-5-4-8-16-6-2-1-3-7-16/h1-3,6-7,9-11,13-14,21H,4-5,8,12,15H2. The summed E-state index contributed by atoms with van der Waals surface area (Å²) in [5, 5.41) is 10.5. The first-order chi connectivity index (χ1) is 10.4. The molecule has 21 heavy (non-hydrogen) atoms. The van der Waals surface area contributed by atoms with Crippen molar-refractivity contribution in [1.29, 1.82) is 0 Å². The molecule has 0 saturated carbocycles. The third kappa shape index (κ3) is 3.34. The van der Waals surface area contributed by atoms with E-state index in [1.54, 1.807) is 0 Å². The van der Waals surface area contributed by atoms with Crippen molar-refractivity contribution in [3.8, 4) is 0 Å². The van der Waals surface area contributed by atoms with Crippen LogP contribution in [0.4, 0.5) is 0 Å². The summed E-state index contributed by atoms with van der Waals surface area (Å²) in [5.74, 6) is 0. The highest BCUT2D eigenvalue weighted by molar-refractivity contribution is 5.80. The van der Waals surface area contributed by atoms with Gasteiger partial charge in [0.1, 0.15) is 0 Å². The lowest BCUT2D eigenvalue weighted by Gasteiger charge is -2.07. The fourth-order valence-corrected chi connectivity index (χ4v) is 2.78. The van der Waals surface area contributed by atoms with Gasteiger partial charge in [-0.1, -0.05) is 42.5 Å². The van der Waals surface area contributed by atoms with E-state index in [2.05, 4.69) is 59.3 Å². The molecule has 0 aliphatic carbocycles. The van der Waals surface area contributed by atoms with Gasteiger partial charge in [0.05, 0.1) is 6.61 Å². The molecule has 2 aromatic carbocycles. The van der Waals surface area contributed by atoms with Crippen molar-refractivity contribution in [2.24, 2.45) is 0 Å². The van der Waals surface area contributed by atoms with E-state index in [4.69, 9.17) is 0 Å². The number of aromatic nitrogens is 1. The molecular formula is C19H21NO. The van der Waals surface area contributed by atoms with Gasteiger partial charge in [0.2, 0.25) is 0 Å². The van der Waals surface area contributed by atoms with Gasteiger partial charge in [-0.2, -0.15) is 0 Å². The molecule has 1 N–H and O–H groups in total. The predicted octanol–water partition coefficient (Wildman–Crippen LogP) is 4.16. The Morgan fingerprint density at radius 1 is 0.857 bits per heavy atom. The Bertz CT molecular complexity index is 700. The average Bonchev–Trinajstić information content (AvgIpc) is 2.95. The zero-order valence-corrected chi connectivity index (χ0v) is 12.2. The highest BCUT2D eigenvalue weighted by Gasteiger charge is 2.02. The first-order valence-electron chi connectivity index (χ1n) is 7.59. The largest absolute Gasteiger partial charge is 0.392 e. The van der Waals surface area contributed by atoms with Crippen molar-refractivity contribution in [1.82, 2.24) is 4.57 Å². The number of rotatable bonds is 6. The summed E-state index contributed by atoms with van der Waals surface area (Å²) in [5.41, 5.74) is 3.62. The molecule has 3 rings (SSSR count). The molecule has 0 amide bonds. The molecule has 0 bridgehead atoms. The van der Waals surface area contributed by atoms with Crippen LogP contribution in [-0.4, -0.2) is 9.67 Å². The molecule has 0 saturated heterocycles. The van der Waals surface area contributed by atoms with E-state index in [1.165, 1.54) is 29.3 Å². The lowest BCUT2D eigenvalue weighted by Crippen LogP contribution is -1.97. The van der Waals surface area contributed by atoms with E-state index in [-0.39, 0.29) is 6.61 Å². The maximum Gasteiger partial charge on any atom is 0.0682 e. The number of aliphatic hydroxyl groups excluding tert-OH is 1. The minimum Gasteiger partial charge on any atom is -0.392 e. The second kappa shape index (κ2) is 6.59. The number of hydrogen-bond donors (Lipinski definition) is 1. The van der Waals surface area contributed by atoms with Gasteiger partial charge in [-0.15, -0.1) is 0 Å². The quantitative estimate of drug-likeness (QED) is 0.673. The Kier molecular flexibility index (Phi) is 4.37. The van der Waals surface area contributed by atoms with E-state index >= 15 is 0 Å². The zero-order chi connectivity index (χ0) is 14.5. The lowest BCUT2D eigenvalue weighted by atomic mass is 10.1. The smallest absolute Gasteiger partial charge is 0.0682 e. The molecule has 0 fully saturated rings. The summed E-state index contributed by atoms with van der Waals surface area (Å²) < 4.78 is 2.29. The molecule has 0 atom stereocenters. The van der Waals surface area contributed by atoms with Crippen LogP contribution in [0.3, 0.4) is 0 Å². The Balaban J connectivity index is 1.60.